The van der Waals surface area contributed by atoms with Gasteiger partial charge in [-0.2, -0.15) is 10.5 Å². The molecule has 6 rings (SSSR count). The molecule has 0 saturated carbocycles. The highest BCUT2D eigenvalue weighted by Gasteiger charge is 2.30. The first kappa shape index (κ1) is 29.5. The Hall–Kier alpha value is -4.56. The molecule has 0 radical (unpaired) electrons. The van der Waals surface area contributed by atoms with Crippen LogP contribution in [-0.4, -0.2) is 22.4 Å². The molecular weight excluding hydrogens is 634 g/mol. The van der Waals surface area contributed by atoms with Crippen molar-refractivity contribution in [2.24, 2.45) is 9.98 Å². The van der Waals surface area contributed by atoms with E-state index in [-0.39, 0.29) is 0 Å². The molecule has 2 aliphatic rings. The number of halogens is 4. The number of allylic oxidation sites excluding steroid dienone is 4. The lowest BCUT2D eigenvalue weighted by molar-refractivity contribution is 0.724. The van der Waals surface area contributed by atoms with E-state index < -0.39 is 11.8 Å². The molecule has 2 aliphatic heterocycles. The molecule has 0 amide bonds. The van der Waals surface area contributed by atoms with Crippen LogP contribution in [0.5, 0.6) is 0 Å². The zero-order valence-electron chi connectivity index (χ0n) is 22.7. The van der Waals surface area contributed by atoms with Crippen molar-refractivity contribution >= 4 is 70.0 Å². The minimum Gasteiger partial charge on any atom is -0.357 e. The Morgan fingerprint density at radius 2 is 0.977 bits per heavy atom. The molecule has 2 N–H and O–H groups in total. The maximum atomic E-state index is 10.3. The van der Waals surface area contributed by atoms with Crippen LogP contribution in [0.25, 0.3) is 11.1 Å². The maximum absolute atomic E-state index is 10.3. The van der Waals surface area contributed by atoms with Crippen molar-refractivity contribution in [3.8, 4) is 12.1 Å². The molecule has 0 bridgehead atoms. The first-order valence-electron chi connectivity index (χ1n) is 13.4. The van der Waals surface area contributed by atoms with Crippen molar-refractivity contribution in [1.82, 2.24) is 9.97 Å². The summed E-state index contributed by atoms with van der Waals surface area (Å²) >= 11 is 26.4. The molecule has 44 heavy (non-hydrogen) atoms. The fourth-order valence-electron chi connectivity index (χ4n) is 5.30. The number of benzene rings is 2. The average Bonchev–Trinajstić information content (AvgIpc) is 3.84. The van der Waals surface area contributed by atoms with Gasteiger partial charge in [0.25, 0.3) is 0 Å². The van der Waals surface area contributed by atoms with Gasteiger partial charge in [-0.25, -0.2) is 0 Å². The van der Waals surface area contributed by atoms with E-state index in [1.54, 1.807) is 61.0 Å². The molecule has 10 heteroatoms. The Morgan fingerprint density at radius 1 is 0.591 bits per heavy atom. The number of aliphatic imine (C=N–C) groups is 2. The van der Waals surface area contributed by atoms with Crippen molar-refractivity contribution in [2.45, 2.75) is 11.8 Å². The Bertz CT molecular complexity index is 1840. The first-order chi connectivity index (χ1) is 21.4. The zero-order chi connectivity index (χ0) is 30.8. The second-order valence-corrected chi connectivity index (χ2v) is 11.5. The van der Waals surface area contributed by atoms with Crippen molar-refractivity contribution in [1.29, 1.82) is 10.5 Å². The topological polar surface area (TPSA) is 104 Å². The van der Waals surface area contributed by atoms with Gasteiger partial charge in [0.1, 0.15) is 11.8 Å². The fraction of sp³-hybridized carbons (Fsp3) is 0.0588. The summed E-state index contributed by atoms with van der Waals surface area (Å²) in [7, 11) is 0. The predicted octanol–water partition coefficient (Wildman–Crippen LogP) is 9.67. The van der Waals surface area contributed by atoms with Crippen molar-refractivity contribution in [3.05, 3.63) is 150 Å². The predicted molar refractivity (Wildman–Crippen MR) is 179 cm³/mol. The number of H-pyrrole nitrogens is 2. The lowest BCUT2D eigenvalue weighted by Crippen LogP contribution is -2.10. The number of nitriles is 2. The monoisotopic (exact) mass is 652 g/mol. The molecule has 0 spiro atoms. The minimum atomic E-state index is -0.847. The van der Waals surface area contributed by atoms with Crippen LogP contribution >= 0.6 is 46.4 Å². The average molecular weight is 654 g/mol. The van der Waals surface area contributed by atoms with Crippen molar-refractivity contribution < 1.29 is 0 Å². The summed E-state index contributed by atoms with van der Waals surface area (Å²) < 4.78 is 0. The third-order valence-electron chi connectivity index (χ3n) is 7.28. The third-order valence-corrected chi connectivity index (χ3v) is 8.54. The number of hydrogen-bond donors (Lipinski definition) is 2. The van der Waals surface area contributed by atoms with Gasteiger partial charge in [-0.05, 0) is 72.8 Å². The summed E-state index contributed by atoms with van der Waals surface area (Å²) in [6.07, 6.45) is 10.7. The van der Waals surface area contributed by atoms with E-state index in [1.807, 2.05) is 36.4 Å². The molecule has 214 valence electrons. The summed E-state index contributed by atoms with van der Waals surface area (Å²) in [5, 5.41) is 22.5. The van der Waals surface area contributed by atoms with Gasteiger partial charge in [-0.15, -0.1) is 0 Å². The van der Waals surface area contributed by atoms with Crippen LogP contribution in [0.3, 0.4) is 0 Å². The first-order valence-corrected chi connectivity index (χ1v) is 14.9. The number of aromatic amines is 2. The molecular formula is C34H20Cl4N6. The van der Waals surface area contributed by atoms with Crippen LogP contribution < -0.4 is 0 Å². The largest absolute Gasteiger partial charge is 0.357 e. The molecule has 2 aromatic carbocycles. The highest BCUT2D eigenvalue weighted by Crippen LogP contribution is 2.41. The van der Waals surface area contributed by atoms with E-state index in [1.165, 1.54) is 0 Å². The van der Waals surface area contributed by atoms with Crippen LogP contribution in [0.1, 0.15) is 45.7 Å². The van der Waals surface area contributed by atoms with Gasteiger partial charge in [0.15, 0.2) is 0 Å². The summed E-state index contributed by atoms with van der Waals surface area (Å²) in [5.74, 6) is -1.69. The molecule has 0 saturated heterocycles. The number of aromatic nitrogens is 2. The lowest BCUT2D eigenvalue weighted by atomic mass is 9.89. The van der Waals surface area contributed by atoms with Crippen LogP contribution in [0, 0.1) is 22.7 Å². The standard InChI is InChI=1S/C34H20Cl4N6/c35-21-5-1-6-22(36)31(21)33(27-9-3-15-41-27)29-13-11-25(43-29)19(17-39)20(18-40)26-12-14-30(44-26)34(28-10-4-16-42-28)32-23(37)7-2-8-24(32)38/h1-16,19-20,43-44H/b33-27-,34-28-/t19-,20-/m0/s1. The van der Waals surface area contributed by atoms with E-state index >= 15 is 0 Å². The number of hydrogen-bond acceptors (Lipinski definition) is 4. The van der Waals surface area contributed by atoms with Gasteiger partial charge in [0.05, 0.1) is 43.6 Å². The Labute approximate surface area is 273 Å². The molecule has 2 atom stereocenters. The van der Waals surface area contributed by atoms with Gasteiger partial charge in [-0.3, -0.25) is 9.98 Å². The van der Waals surface area contributed by atoms with Crippen LogP contribution in [0.15, 0.2) is 106 Å². The molecule has 4 heterocycles. The number of nitrogens with zero attached hydrogens (tertiary/aromatic N) is 4. The van der Waals surface area contributed by atoms with Crippen LogP contribution in [0.2, 0.25) is 20.1 Å². The van der Waals surface area contributed by atoms with E-state index in [4.69, 9.17) is 46.4 Å². The van der Waals surface area contributed by atoms with Gasteiger partial charge >= 0.3 is 0 Å². The summed E-state index contributed by atoms with van der Waals surface area (Å²) in [4.78, 5) is 15.7. The summed E-state index contributed by atoms with van der Waals surface area (Å²) in [6.45, 7) is 0. The normalized spacial score (nSPS) is 17.0. The van der Waals surface area contributed by atoms with Gasteiger partial charge in [0.2, 0.25) is 0 Å². The van der Waals surface area contributed by atoms with E-state index in [0.29, 0.717) is 76.5 Å². The highest BCUT2D eigenvalue weighted by molar-refractivity contribution is 6.38. The minimum absolute atomic E-state index is 0.460. The van der Waals surface area contributed by atoms with Crippen molar-refractivity contribution in [3.63, 3.8) is 0 Å². The molecule has 0 fully saturated rings. The van der Waals surface area contributed by atoms with Crippen LogP contribution in [0.4, 0.5) is 0 Å². The molecule has 4 aromatic rings. The Morgan fingerprint density at radius 3 is 1.30 bits per heavy atom. The highest BCUT2D eigenvalue weighted by atomic mass is 35.5. The summed E-state index contributed by atoms with van der Waals surface area (Å²) in [5.41, 5.74) is 6.33. The van der Waals surface area contributed by atoms with Crippen molar-refractivity contribution in [2.75, 3.05) is 0 Å². The Kier molecular flexibility index (Phi) is 8.44. The molecule has 6 nitrogen and oxygen atoms in total. The van der Waals surface area contributed by atoms with E-state index in [9.17, 15) is 10.5 Å². The fourth-order valence-corrected chi connectivity index (χ4v) is 6.47. The summed E-state index contributed by atoms with van der Waals surface area (Å²) in [6, 6.07) is 22.5. The van der Waals surface area contributed by atoms with Gasteiger partial charge in [0, 0.05) is 57.5 Å². The molecule has 0 unspecified atom stereocenters. The smallest absolute Gasteiger partial charge is 0.108 e. The van der Waals surface area contributed by atoms with Gasteiger partial charge < -0.3 is 9.97 Å². The zero-order valence-corrected chi connectivity index (χ0v) is 25.7. The molecule has 2 aromatic heterocycles. The van der Waals surface area contributed by atoms with Crippen LogP contribution in [-0.2, 0) is 0 Å². The SMILES string of the molecule is N#C[C@H](c1ccc(/C(=C2\C=CC=N2)c2c(Cl)cccc2Cl)[nH]1)[C@H](C#N)c1ccc(/C(=C2\C=CC=N2)c2c(Cl)cccc2Cl)[nH]1. The maximum Gasteiger partial charge on any atom is 0.108 e. The number of nitrogens with one attached hydrogen (secondary N) is 2. The Balaban J connectivity index is 1.40. The van der Waals surface area contributed by atoms with Gasteiger partial charge in [-0.1, -0.05) is 58.5 Å². The third kappa shape index (κ3) is 5.46. The lowest BCUT2D eigenvalue weighted by Gasteiger charge is -2.15. The second-order valence-electron chi connectivity index (χ2n) is 9.86. The second kappa shape index (κ2) is 12.6. The van der Waals surface area contributed by atoms with E-state index in [2.05, 4.69) is 32.1 Å². The van der Waals surface area contributed by atoms with E-state index in [0.717, 1.165) is 0 Å². The number of rotatable bonds is 7. The molecule has 0 aliphatic carbocycles. The quantitative estimate of drug-likeness (QED) is 0.207.